The van der Waals surface area contributed by atoms with Crippen LogP contribution in [-0.4, -0.2) is 41.1 Å². The van der Waals surface area contributed by atoms with Gasteiger partial charge in [0.25, 0.3) is 0 Å². The number of piperidine rings is 1. The van der Waals surface area contributed by atoms with Crippen molar-refractivity contribution in [2.75, 3.05) is 25.9 Å². The number of hydrogen-bond acceptors (Lipinski definition) is 5. The van der Waals surface area contributed by atoms with Crippen LogP contribution in [0.15, 0.2) is 12.4 Å². The van der Waals surface area contributed by atoms with Gasteiger partial charge >= 0.3 is 0 Å². The lowest BCUT2D eigenvalue weighted by atomic mass is 10.1. The lowest BCUT2D eigenvalue weighted by Crippen LogP contribution is -2.35. The molecule has 1 aliphatic rings. The first-order chi connectivity index (χ1) is 7.24. The van der Waals surface area contributed by atoms with Crippen molar-refractivity contribution in [1.29, 1.82) is 0 Å². The molecule has 0 spiro atoms. The van der Waals surface area contributed by atoms with Gasteiger partial charge in [-0.3, -0.25) is 0 Å². The van der Waals surface area contributed by atoms with Crippen LogP contribution in [0, 0.1) is 0 Å². The molecular weight excluding hydrogens is 192 g/mol. The Kier molecular flexibility index (Phi) is 3.01. The highest BCUT2D eigenvalue weighted by molar-refractivity contribution is 5.30. The molecule has 2 rings (SSSR count). The van der Waals surface area contributed by atoms with Gasteiger partial charge in [0.05, 0.1) is 0 Å². The third-order valence-corrected chi connectivity index (χ3v) is 2.62. The van der Waals surface area contributed by atoms with Gasteiger partial charge in [0, 0.05) is 19.2 Å². The Morgan fingerprint density at radius 1 is 1.40 bits per heavy atom. The van der Waals surface area contributed by atoms with Crippen LogP contribution < -0.4 is 10.5 Å². The molecule has 0 aromatic carbocycles. The van der Waals surface area contributed by atoms with Gasteiger partial charge in [0.2, 0.25) is 5.88 Å². The molecule has 5 heteroatoms. The molecule has 0 atom stereocenters. The Hall–Kier alpha value is -1.36. The molecule has 1 fully saturated rings. The lowest BCUT2D eigenvalue weighted by Gasteiger charge is -2.28. The molecule has 0 unspecified atom stereocenters. The second-order valence-electron chi connectivity index (χ2n) is 3.90. The maximum Gasteiger partial charge on any atom is 0.218 e. The molecule has 1 aromatic rings. The second kappa shape index (κ2) is 4.44. The minimum Gasteiger partial charge on any atom is -0.474 e. The smallest absolute Gasteiger partial charge is 0.218 e. The zero-order valence-corrected chi connectivity index (χ0v) is 8.89. The van der Waals surface area contributed by atoms with Crippen molar-refractivity contribution in [3.05, 3.63) is 12.4 Å². The van der Waals surface area contributed by atoms with Crippen molar-refractivity contribution in [3.8, 4) is 5.88 Å². The molecule has 82 valence electrons. The zero-order valence-electron chi connectivity index (χ0n) is 8.89. The number of nitrogens with two attached hydrogens (primary N) is 1. The van der Waals surface area contributed by atoms with Crippen LogP contribution in [0.5, 0.6) is 5.88 Å². The Bertz CT molecular complexity index is 323. The summed E-state index contributed by atoms with van der Waals surface area (Å²) in [6.07, 6.45) is 3.77. The Morgan fingerprint density at radius 3 is 2.80 bits per heavy atom. The number of nitrogen functional groups attached to an aromatic ring is 1. The fraction of sp³-hybridized carbons (Fsp3) is 0.600. The van der Waals surface area contributed by atoms with Crippen LogP contribution in [-0.2, 0) is 0 Å². The van der Waals surface area contributed by atoms with Crippen LogP contribution in [0.25, 0.3) is 0 Å². The molecule has 15 heavy (non-hydrogen) atoms. The maximum atomic E-state index is 5.73. The minimum atomic E-state index is 0.260. The third kappa shape index (κ3) is 2.79. The van der Waals surface area contributed by atoms with Gasteiger partial charge in [0.1, 0.15) is 18.2 Å². The highest BCUT2D eigenvalue weighted by atomic mass is 16.5. The molecule has 2 heterocycles. The topological polar surface area (TPSA) is 64.3 Å². The summed E-state index contributed by atoms with van der Waals surface area (Å²) in [5.74, 6) is 1.03. The van der Waals surface area contributed by atoms with Gasteiger partial charge in [-0.15, -0.1) is 0 Å². The van der Waals surface area contributed by atoms with Crippen molar-refractivity contribution >= 4 is 5.82 Å². The number of likely N-dealkylation sites (tertiary alicyclic amines) is 1. The van der Waals surface area contributed by atoms with Crippen LogP contribution in [0.3, 0.4) is 0 Å². The summed E-state index contributed by atoms with van der Waals surface area (Å²) in [7, 11) is 2.12. The van der Waals surface area contributed by atoms with Crippen molar-refractivity contribution in [1.82, 2.24) is 14.9 Å². The lowest BCUT2D eigenvalue weighted by molar-refractivity contribution is 0.110. The van der Waals surface area contributed by atoms with E-state index in [1.54, 1.807) is 6.07 Å². The van der Waals surface area contributed by atoms with Gasteiger partial charge in [-0.2, -0.15) is 0 Å². The number of aromatic nitrogens is 2. The Morgan fingerprint density at radius 2 is 2.13 bits per heavy atom. The van der Waals surface area contributed by atoms with Crippen LogP contribution in [0.4, 0.5) is 5.82 Å². The van der Waals surface area contributed by atoms with E-state index in [-0.39, 0.29) is 6.10 Å². The highest BCUT2D eigenvalue weighted by Gasteiger charge is 2.18. The third-order valence-electron chi connectivity index (χ3n) is 2.62. The quantitative estimate of drug-likeness (QED) is 0.768. The van der Waals surface area contributed by atoms with E-state index < -0.39 is 0 Å². The number of ether oxygens (including phenoxy) is 1. The van der Waals surface area contributed by atoms with E-state index in [2.05, 4.69) is 21.9 Å². The Balaban J connectivity index is 1.92. The molecule has 5 nitrogen and oxygen atoms in total. The van der Waals surface area contributed by atoms with Gasteiger partial charge in [0.15, 0.2) is 0 Å². The molecule has 1 aromatic heterocycles. The molecule has 0 saturated carbocycles. The predicted octanol–water partition coefficient (Wildman–Crippen LogP) is 0.532. The van der Waals surface area contributed by atoms with E-state index in [0.717, 1.165) is 25.9 Å². The fourth-order valence-corrected chi connectivity index (χ4v) is 1.69. The van der Waals surface area contributed by atoms with E-state index in [4.69, 9.17) is 10.5 Å². The van der Waals surface area contributed by atoms with Crippen molar-refractivity contribution in [2.24, 2.45) is 0 Å². The van der Waals surface area contributed by atoms with Crippen molar-refractivity contribution < 1.29 is 4.74 Å². The summed E-state index contributed by atoms with van der Waals surface area (Å²) < 4.78 is 5.73. The summed E-state index contributed by atoms with van der Waals surface area (Å²) >= 11 is 0. The monoisotopic (exact) mass is 208 g/mol. The van der Waals surface area contributed by atoms with Crippen LogP contribution in [0.1, 0.15) is 12.8 Å². The molecule has 0 radical (unpaired) electrons. The summed E-state index contributed by atoms with van der Waals surface area (Å²) in [6.45, 7) is 2.15. The molecular formula is C10H16N4O. The number of anilines is 1. The second-order valence-corrected chi connectivity index (χ2v) is 3.90. The first kappa shape index (κ1) is 10.2. The number of nitrogens with zero attached hydrogens (tertiary/aromatic N) is 3. The van der Waals surface area contributed by atoms with Crippen LogP contribution >= 0.6 is 0 Å². The van der Waals surface area contributed by atoms with Crippen LogP contribution in [0.2, 0.25) is 0 Å². The average Bonchev–Trinajstić information content (AvgIpc) is 2.22. The SMILES string of the molecule is CN1CCC(Oc2cc(N)ncn2)CC1. The maximum absolute atomic E-state index is 5.73. The van der Waals surface area contributed by atoms with E-state index >= 15 is 0 Å². The van der Waals surface area contributed by atoms with E-state index in [9.17, 15) is 0 Å². The minimum absolute atomic E-state index is 0.260. The summed E-state index contributed by atoms with van der Waals surface area (Å²) in [5, 5.41) is 0. The highest BCUT2D eigenvalue weighted by Crippen LogP contribution is 2.16. The Labute approximate surface area is 89.3 Å². The van der Waals surface area contributed by atoms with Crippen molar-refractivity contribution in [2.45, 2.75) is 18.9 Å². The fourth-order valence-electron chi connectivity index (χ4n) is 1.69. The molecule has 2 N–H and O–H groups in total. The number of rotatable bonds is 2. The molecule has 0 bridgehead atoms. The van der Waals surface area contributed by atoms with Gasteiger partial charge in [-0.1, -0.05) is 0 Å². The molecule has 0 aliphatic carbocycles. The number of hydrogen-bond donors (Lipinski definition) is 1. The first-order valence-electron chi connectivity index (χ1n) is 5.17. The first-order valence-corrected chi connectivity index (χ1v) is 5.17. The molecule has 0 amide bonds. The van der Waals surface area contributed by atoms with Crippen molar-refractivity contribution in [3.63, 3.8) is 0 Å². The van der Waals surface area contributed by atoms with E-state index in [1.807, 2.05) is 0 Å². The molecule has 1 saturated heterocycles. The van der Waals surface area contributed by atoms with Gasteiger partial charge in [-0.05, 0) is 19.9 Å². The zero-order chi connectivity index (χ0) is 10.7. The summed E-state index contributed by atoms with van der Waals surface area (Å²) in [5.41, 5.74) is 5.55. The summed E-state index contributed by atoms with van der Waals surface area (Å²) in [6, 6.07) is 1.66. The average molecular weight is 208 g/mol. The molecule has 1 aliphatic heterocycles. The standard InChI is InChI=1S/C10H16N4O/c1-14-4-2-8(3-5-14)15-10-6-9(11)12-7-13-10/h6-8H,2-5H2,1H3,(H2,11,12,13). The largest absolute Gasteiger partial charge is 0.474 e. The predicted molar refractivity (Wildman–Crippen MR) is 57.6 cm³/mol. The van der Waals surface area contributed by atoms with E-state index in [1.165, 1.54) is 6.33 Å². The van der Waals surface area contributed by atoms with E-state index in [0.29, 0.717) is 11.7 Å². The summed E-state index contributed by atoms with van der Waals surface area (Å²) in [4.78, 5) is 10.1. The normalized spacial score (nSPS) is 19.0. The van der Waals surface area contributed by atoms with Gasteiger partial charge in [-0.25, -0.2) is 9.97 Å². The van der Waals surface area contributed by atoms with Gasteiger partial charge < -0.3 is 15.4 Å².